The monoisotopic (exact) mass is 209 g/mol. The van der Waals surface area contributed by atoms with Crippen LogP contribution in [0.5, 0.6) is 0 Å². The number of carbonyl (C=O) groups is 1. The molecule has 0 fully saturated rings. The predicted molar refractivity (Wildman–Crippen MR) is 57.2 cm³/mol. The highest BCUT2D eigenvalue weighted by Gasteiger charge is 2.13. The molecule has 1 rings (SSSR count). The third kappa shape index (κ3) is 3.42. The molecule has 3 heteroatoms. The van der Waals surface area contributed by atoms with Crippen molar-refractivity contribution in [1.29, 1.82) is 0 Å². The molecule has 0 atom stereocenters. The average Bonchev–Trinajstić information content (AvgIpc) is 2.26. The van der Waals surface area contributed by atoms with Crippen LogP contribution in [-0.4, -0.2) is 10.8 Å². The van der Waals surface area contributed by atoms with Gasteiger partial charge in [-0.25, -0.2) is 4.39 Å². The van der Waals surface area contributed by atoms with E-state index in [0.717, 1.165) is 19.0 Å². The van der Waals surface area contributed by atoms with Gasteiger partial charge in [0.1, 0.15) is 11.5 Å². The highest BCUT2D eigenvalue weighted by atomic mass is 19.1. The molecule has 0 aliphatic rings. The topological polar surface area (TPSA) is 30.0 Å². The van der Waals surface area contributed by atoms with Crippen LogP contribution in [0.25, 0.3) is 0 Å². The Bertz CT molecular complexity index is 317. The smallest absolute Gasteiger partial charge is 0.181 e. The van der Waals surface area contributed by atoms with Gasteiger partial charge in [0.15, 0.2) is 5.78 Å². The van der Waals surface area contributed by atoms with Crippen molar-refractivity contribution in [2.45, 2.75) is 33.1 Å². The first-order valence-corrected chi connectivity index (χ1v) is 5.32. The molecule has 15 heavy (non-hydrogen) atoms. The molecule has 1 aromatic rings. The number of carbonyl (C=O) groups excluding carboxylic acids is 1. The van der Waals surface area contributed by atoms with Gasteiger partial charge in [0.2, 0.25) is 0 Å². The van der Waals surface area contributed by atoms with Crippen molar-refractivity contribution in [3.63, 3.8) is 0 Å². The minimum absolute atomic E-state index is 0.00343. The zero-order valence-corrected chi connectivity index (χ0v) is 9.16. The third-order valence-corrected chi connectivity index (χ3v) is 2.64. The number of halogens is 1. The zero-order chi connectivity index (χ0) is 11.3. The van der Waals surface area contributed by atoms with E-state index in [2.05, 4.69) is 18.8 Å². The summed E-state index contributed by atoms with van der Waals surface area (Å²) >= 11 is 0. The van der Waals surface area contributed by atoms with Crippen molar-refractivity contribution in [3.05, 3.63) is 29.8 Å². The standard InChI is InChI=1S/C12H16FNO/c1-3-9(4-2)7-12(15)11-6-5-10(13)8-14-11/h5-6,8-9H,3-4,7H2,1-2H3. The second kappa shape index (κ2) is 5.59. The molecule has 0 aliphatic heterocycles. The quantitative estimate of drug-likeness (QED) is 0.697. The van der Waals surface area contributed by atoms with Gasteiger partial charge in [-0.2, -0.15) is 0 Å². The number of pyridine rings is 1. The first-order chi connectivity index (χ1) is 7.17. The van der Waals surface area contributed by atoms with Crippen molar-refractivity contribution in [3.8, 4) is 0 Å². The Morgan fingerprint density at radius 2 is 2.07 bits per heavy atom. The molecule has 0 aliphatic carbocycles. The number of rotatable bonds is 5. The Labute approximate surface area is 89.5 Å². The molecule has 0 bridgehead atoms. The Morgan fingerprint density at radius 3 is 2.53 bits per heavy atom. The molecule has 2 nitrogen and oxygen atoms in total. The highest BCUT2D eigenvalue weighted by molar-refractivity contribution is 5.94. The van der Waals surface area contributed by atoms with Crippen LogP contribution in [0.1, 0.15) is 43.6 Å². The minimum Gasteiger partial charge on any atom is -0.292 e. The number of hydrogen-bond acceptors (Lipinski definition) is 2. The molecule has 0 aromatic carbocycles. The normalized spacial score (nSPS) is 10.7. The van der Waals surface area contributed by atoms with Gasteiger partial charge in [-0.15, -0.1) is 0 Å². The van der Waals surface area contributed by atoms with Crippen LogP contribution in [-0.2, 0) is 0 Å². The fourth-order valence-corrected chi connectivity index (χ4v) is 1.48. The number of nitrogens with zero attached hydrogens (tertiary/aromatic N) is 1. The Hall–Kier alpha value is -1.25. The summed E-state index contributed by atoms with van der Waals surface area (Å²) in [7, 11) is 0. The summed E-state index contributed by atoms with van der Waals surface area (Å²) in [5.74, 6) is 0.00198. The molecule has 82 valence electrons. The highest BCUT2D eigenvalue weighted by Crippen LogP contribution is 2.15. The van der Waals surface area contributed by atoms with Crippen LogP contribution in [0.4, 0.5) is 4.39 Å². The molecule has 0 saturated heterocycles. The largest absolute Gasteiger partial charge is 0.292 e. The summed E-state index contributed by atoms with van der Waals surface area (Å²) in [5.41, 5.74) is 0.364. The second-order valence-corrected chi connectivity index (χ2v) is 3.67. The summed E-state index contributed by atoms with van der Waals surface area (Å²) in [6.45, 7) is 4.14. The van der Waals surface area contributed by atoms with Crippen LogP contribution in [0.3, 0.4) is 0 Å². The average molecular weight is 209 g/mol. The van der Waals surface area contributed by atoms with Crippen LogP contribution < -0.4 is 0 Å². The number of Topliss-reactive ketones (excluding diaryl/α,β-unsaturated/α-hetero) is 1. The summed E-state index contributed by atoms with van der Waals surface area (Å²) in [4.78, 5) is 15.5. The van der Waals surface area contributed by atoms with Gasteiger partial charge in [-0.05, 0) is 18.1 Å². The predicted octanol–water partition coefficient (Wildman–Crippen LogP) is 3.23. The van der Waals surface area contributed by atoms with E-state index < -0.39 is 5.82 Å². The molecule has 1 aromatic heterocycles. The van der Waals surface area contributed by atoms with Crippen LogP contribution in [0, 0.1) is 11.7 Å². The number of ketones is 1. The van der Waals surface area contributed by atoms with Crippen LogP contribution in [0.15, 0.2) is 18.3 Å². The summed E-state index contributed by atoms with van der Waals surface area (Å²) in [6.07, 6.45) is 3.57. The molecular weight excluding hydrogens is 193 g/mol. The molecule has 0 radical (unpaired) electrons. The van der Waals surface area contributed by atoms with Crippen LogP contribution >= 0.6 is 0 Å². The number of hydrogen-bond donors (Lipinski definition) is 0. The van der Waals surface area contributed by atoms with Gasteiger partial charge in [-0.3, -0.25) is 9.78 Å². The third-order valence-electron chi connectivity index (χ3n) is 2.64. The zero-order valence-electron chi connectivity index (χ0n) is 9.16. The van der Waals surface area contributed by atoms with Crippen molar-refractivity contribution in [1.82, 2.24) is 4.98 Å². The molecule has 0 saturated carbocycles. The first kappa shape index (κ1) is 11.8. The van der Waals surface area contributed by atoms with E-state index in [9.17, 15) is 9.18 Å². The van der Waals surface area contributed by atoms with E-state index in [1.54, 1.807) is 0 Å². The minimum atomic E-state index is -0.408. The van der Waals surface area contributed by atoms with Crippen LogP contribution in [0.2, 0.25) is 0 Å². The van der Waals surface area contributed by atoms with E-state index >= 15 is 0 Å². The first-order valence-electron chi connectivity index (χ1n) is 5.32. The van der Waals surface area contributed by atoms with E-state index in [-0.39, 0.29) is 5.78 Å². The van der Waals surface area contributed by atoms with E-state index in [4.69, 9.17) is 0 Å². The molecule has 0 spiro atoms. The maximum Gasteiger partial charge on any atom is 0.181 e. The van der Waals surface area contributed by atoms with Crippen molar-refractivity contribution in [2.75, 3.05) is 0 Å². The lowest BCUT2D eigenvalue weighted by molar-refractivity contribution is 0.0953. The molecule has 1 heterocycles. The maximum absolute atomic E-state index is 12.6. The summed E-state index contributed by atoms with van der Waals surface area (Å²) < 4.78 is 12.6. The Balaban J connectivity index is 2.64. The van der Waals surface area contributed by atoms with E-state index in [1.807, 2.05) is 0 Å². The fourth-order valence-electron chi connectivity index (χ4n) is 1.48. The van der Waals surface area contributed by atoms with Gasteiger partial charge >= 0.3 is 0 Å². The fraction of sp³-hybridized carbons (Fsp3) is 0.500. The van der Waals surface area contributed by atoms with Gasteiger partial charge in [0.25, 0.3) is 0 Å². The molecular formula is C12H16FNO. The van der Waals surface area contributed by atoms with Crippen molar-refractivity contribution in [2.24, 2.45) is 5.92 Å². The lowest BCUT2D eigenvalue weighted by Crippen LogP contribution is -2.09. The molecule has 0 unspecified atom stereocenters. The number of aromatic nitrogens is 1. The van der Waals surface area contributed by atoms with Crippen molar-refractivity contribution >= 4 is 5.78 Å². The van der Waals surface area contributed by atoms with Crippen molar-refractivity contribution < 1.29 is 9.18 Å². The summed E-state index contributed by atoms with van der Waals surface area (Å²) in [5, 5.41) is 0. The summed E-state index contributed by atoms with van der Waals surface area (Å²) in [6, 6.07) is 2.72. The lowest BCUT2D eigenvalue weighted by Gasteiger charge is -2.10. The second-order valence-electron chi connectivity index (χ2n) is 3.67. The van der Waals surface area contributed by atoms with Gasteiger partial charge in [0, 0.05) is 6.42 Å². The molecule has 0 amide bonds. The van der Waals surface area contributed by atoms with Gasteiger partial charge in [0.05, 0.1) is 6.20 Å². The Kier molecular flexibility index (Phi) is 4.40. The Morgan fingerprint density at radius 1 is 1.40 bits per heavy atom. The molecule has 0 N–H and O–H groups in total. The maximum atomic E-state index is 12.6. The van der Waals surface area contributed by atoms with E-state index in [0.29, 0.717) is 18.0 Å². The SMILES string of the molecule is CCC(CC)CC(=O)c1ccc(F)cn1. The van der Waals surface area contributed by atoms with E-state index in [1.165, 1.54) is 12.1 Å². The van der Waals surface area contributed by atoms with Gasteiger partial charge < -0.3 is 0 Å². The lowest BCUT2D eigenvalue weighted by atomic mass is 9.96. The van der Waals surface area contributed by atoms with Gasteiger partial charge in [-0.1, -0.05) is 26.7 Å².